The van der Waals surface area contributed by atoms with Crippen LogP contribution in [0.3, 0.4) is 0 Å². The number of phenolic OH excluding ortho intramolecular Hbond substituents is 1. The summed E-state index contributed by atoms with van der Waals surface area (Å²) < 4.78 is 12.1. The van der Waals surface area contributed by atoms with E-state index in [1.54, 1.807) is 36.2 Å². The van der Waals surface area contributed by atoms with E-state index < -0.39 is 0 Å². The van der Waals surface area contributed by atoms with Gasteiger partial charge >= 0.3 is 0 Å². The predicted octanol–water partition coefficient (Wildman–Crippen LogP) is 1.85. The first kappa shape index (κ1) is 12.2. The van der Waals surface area contributed by atoms with Crippen LogP contribution in [0.4, 0.5) is 0 Å². The lowest BCUT2D eigenvalue weighted by molar-refractivity contribution is 0.408. The first-order valence-corrected chi connectivity index (χ1v) is 5.88. The van der Waals surface area contributed by atoms with Crippen molar-refractivity contribution in [2.24, 2.45) is 7.05 Å². The van der Waals surface area contributed by atoms with E-state index in [1.807, 2.05) is 7.05 Å². The second-order valence-corrected chi connectivity index (χ2v) is 4.17. The Morgan fingerprint density at radius 3 is 2.90 bits per heavy atom. The lowest BCUT2D eigenvalue weighted by atomic mass is 10.2. The molecule has 2 aromatic heterocycles. The molecular weight excluding hydrogens is 260 g/mol. The van der Waals surface area contributed by atoms with Gasteiger partial charge in [0, 0.05) is 19.4 Å². The van der Waals surface area contributed by atoms with Crippen molar-refractivity contribution >= 4 is 0 Å². The Kier molecular flexibility index (Phi) is 2.86. The van der Waals surface area contributed by atoms with Crippen LogP contribution in [0.1, 0.15) is 0 Å². The predicted molar refractivity (Wildman–Crippen MR) is 70.2 cm³/mol. The van der Waals surface area contributed by atoms with Crippen molar-refractivity contribution in [2.75, 3.05) is 7.11 Å². The summed E-state index contributed by atoms with van der Waals surface area (Å²) in [5.41, 5.74) is 0.414. The minimum Gasteiger partial charge on any atom is -0.507 e. The van der Waals surface area contributed by atoms with Crippen molar-refractivity contribution in [1.29, 1.82) is 0 Å². The summed E-state index contributed by atoms with van der Waals surface area (Å²) in [7, 11) is 3.38. The van der Waals surface area contributed by atoms with Crippen molar-refractivity contribution in [1.82, 2.24) is 19.7 Å². The molecule has 0 amide bonds. The summed E-state index contributed by atoms with van der Waals surface area (Å²) in [5.74, 6) is 1.78. The summed E-state index contributed by atoms with van der Waals surface area (Å²) >= 11 is 0. The number of imidazole rings is 1. The van der Waals surface area contributed by atoms with Crippen LogP contribution < -0.4 is 4.74 Å². The van der Waals surface area contributed by atoms with Crippen molar-refractivity contribution in [2.45, 2.75) is 0 Å². The number of methoxy groups -OCH3 is 1. The van der Waals surface area contributed by atoms with Gasteiger partial charge in [-0.3, -0.25) is 0 Å². The number of hydrogen-bond donors (Lipinski definition) is 1. The van der Waals surface area contributed by atoms with Crippen LogP contribution in [0.15, 0.2) is 35.1 Å². The van der Waals surface area contributed by atoms with Crippen molar-refractivity contribution in [3.05, 3.63) is 30.6 Å². The minimum absolute atomic E-state index is 0.0424. The van der Waals surface area contributed by atoms with Gasteiger partial charge in [-0.05, 0) is 18.2 Å². The summed E-state index contributed by atoms with van der Waals surface area (Å²) in [6, 6.07) is 4.79. The third-order valence-corrected chi connectivity index (χ3v) is 2.88. The number of nitrogens with zero attached hydrogens (tertiary/aromatic N) is 4. The molecule has 1 aromatic carbocycles. The molecule has 3 aromatic rings. The molecule has 102 valence electrons. The van der Waals surface area contributed by atoms with Crippen molar-refractivity contribution < 1.29 is 14.4 Å². The van der Waals surface area contributed by atoms with Gasteiger partial charge in [0.2, 0.25) is 5.82 Å². The third-order valence-electron chi connectivity index (χ3n) is 2.88. The average Bonchev–Trinajstić information content (AvgIpc) is 3.08. The highest BCUT2D eigenvalue weighted by molar-refractivity contribution is 5.65. The molecule has 7 nitrogen and oxygen atoms in total. The zero-order valence-electron chi connectivity index (χ0n) is 10.9. The maximum atomic E-state index is 9.87. The number of benzene rings is 1. The Bertz CT molecular complexity index is 748. The third kappa shape index (κ3) is 1.99. The molecule has 0 fully saturated rings. The zero-order valence-corrected chi connectivity index (χ0v) is 10.9. The first-order valence-electron chi connectivity index (χ1n) is 5.88. The number of aromatic nitrogens is 4. The Hall–Kier alpha value is -2.83. The molecule has 1 N–H and O–H groups in total. The standard InChI is InChI=1S/C13H12N4O3/c1-17-6-5-14-12(17)11-15-13(20-16-11)9-7-8(19-2)3-4-10(9)18/h3-7,18H,1-2H3. The summed E-state index contributed by atoms with van der Waals surface area (Å²) in [6.07, 6.45) is 3.43. The van der Waals surface area contributed by atoms with E-state index in [0.29, 0.717) is 23.0 Å². The molecule has 0 atom stereocenters. The zero-order chi connectivity index (χ0) is 14.1. The number of hydrogen-bond acceptors (Lipinski definition) is 6. The van der Waals surface area contributed by atoms with Gasteiger partial charge in [0.15, 0.2) is 5.82 Å². The molecule has 0 aliphatic heterocycles. The fraction of sp³-hybridized carbons (Fsp3) is 0.154. The van der Waals surface area contributed by atoms with E-state index in [2.05, 4.69) is 15.1 Å². The maximum Gasteiger partial charge on any atom is 0.262 e. The van der Waals surface area contributed by atoms with Crippen LogP contribution in [0.2, 0.25) is 0 Å². The topological polar surface area (TPSA) is 86.2 Å². The highest BCUT2D eigenvalue weighted by atomic mass is 16.5. The smallest absolute Gasteiger partial charge is 0.262 e. The Labute approximate surface area is 114 Å². The number of rotatable bonds is 3. The molecule has 0 unspecified atom stereocenters. The van der Waals surface area contributed by atoms with E-state index in [1.165, 1.54) is 6.07 Å². The maximum absolute atomic E-state index is 9.87. The molecule has 3 rings (SSSR count). The van der Waals surface area contributed by atoms with Crippen LogP contribution >= 0.6 is 0 Å². The molecule has 7 heteroatoms. The Morgan fingerprint density at radius 2 is 2.20 bits per heavy atom. The van der Waals surface area contributed by atoms with Gasteiger partial charge in [-0.25, -0.2) is 4.98 Å². The summed E-state index contributed by atoms with van der Waals surface area (Å²) in [4.78, 5) is 8.38. The fourth-order valence-corrected chi connectivity index (χ4v) is 1.82. The van der Waals surface area contributed by atoms with Gasteiger partial charge < -0.3 is 18.9 Å². The van der Waals surface area contributed by atoms with Gasteiger partial charge in [0.05, 0.1) is 12.7 Å². The quantitative estimate of drug-likeness (QED) is 0.783. The Morgan fingerprint density at radius 1 is 1.35 bits per heavy atom. The van der Waals surface area contributed by atoms with Gasteiger partial charge in [0.1, 0.15) is 11.5 Å². The van der Waals surface area contributed by atoms with E-state index >= 15 is 0 Å². The van der Waals surface area contributed by atoms with Crippen LogP contribution in [0.25, 0.3) is 23.1 Å². The van der Waals surface area contributed by atoms with E-state index in [-0.39, 0.29) is 11.6 Å². The average molecular weight is 272 g/mol. The highest BCUT2D eigenvalue weighted by Crippen LogP contribution is 2.32. The second kappa shape index (κ2) is 4.69. The van der Waals surface area contributed by atoms with Crippen LogP contribution in [0, 0.1) is 0 Å². The molecule has 0 spiro atoms. The van der Waals surface area contributed by atoms with Gasteiger partial charge in [-0.2, -0.15) is 4.98 Å². The van der Waals surface area contributed by atoms with E-state index in [0.717, 1.165) is 0 Å². The van der Waals surface area contributed by atoms with Gasteiger partial charge in [0.25, 0.3) is 5.89 Å². The monoisotopic (exact) mass is 272 g/mol. The Balaban J connectivity index is 2.04. The van der Waals surface area contributed by atoms with E-state index in [4.69, 9.17) is 9.26 Å². The van der Waals surface area contributed by atoms with E-state index in [9.17, 15) is 5.11 Å². The number of phenols is 1. The molecule has 0 bridgehead atoms. The van der Waals surface area contributed by atoms with Crippen LogP contribution in [0.5, 0.6) is 11.5 Å². The lowest BCUT2D eigenvalue weighted by Gasteiger charge is -2.02. The molecule has 0 aliphatic rings. The molecule has 20 heavy (non-hydrogen) atoms. The lowest BCUT2D eigenvalue weighted by Crippen LogP contribution is -1.92. The molecule has 0 radical (unpaired) electrons. The summed E-state index contributed by atoms with van der Waals surface area (Å²) in [5, 5.41) is 13.7. The highest BCUT2D eigenvalue weighted by Gasteiger charge is 2.17. The van der Waals surface area contributed by atoms with Gasteiger partial charge in [-0.1, -0.05) is 5.16 Å². The van der Waals surface area contributed by atoms with Crippen molar-refractivity contribution in [3.63, 3.8) is 0 Å². The molecule has 0 saturated carbocycles. The van der Waals surface area contributed by atoms with Gasteiger partial charge in [-0.15, -0.1) is 0 Å². The molecule has 0 saturated heterocycles. The summed E-state index contributed by atoms with van der Waals surface area (Å²) in [6.45, 7) is 0. The fourth-order valence-electron chi connectivity index (χ4n) is 1.82. The largest absolute Gasteiger partial charge is 0.507 e. The normalized spacial score (nSPS) is 10.7. The molecule has 2 heterocycles. The molecule has 0 aliphatic carbocycles. The first-order chi connectivity index (χ1) is 9.69. The SMILES string of the molecule is COc1ccc(O)c(-c2nc(-c3nccn3C)no2)c1. The number of ether oxygens (including phenoxy) is 1. The van der Waals surface area contributed by atoms with Crippen LogP contribution in [-0.4, -0.2) is 31.9 Å². The number of aryl methyl sites for hydroxylation is 1. The van der Waals surface area contributed by atoms with Crippen molar-refractivity contribution in [3.8, 4) is 34.6 Å². The minimum atomic E-state index is 0.0424. The second-order valence-electron chi connectivity index (χ2n) is 4.17. The molecular formula is C13H12N4O3. The number of aromatic hydroxyl groups is 1. The van der Waals surface area contributed by atoms with Crippen LogP contribution in [-0.2, 0) is 7.05 Å².